The van der Waals surface area contributed by atoms with Crippen LogP contribution >= 0.6 is 0 Å². The van der Waals surface area contributed by atoms with Crippen molar-refractivity contribution in [3.63, 3.8) is 0 Å². The van der Waals surface area contributed by atoms with Crippen LogP contribution in [-0.4, -0.2) is 18.0 Å². The van der Waals surface area contributed by atoms with Crippen LogP contribution in [0.25, 0.3) is 0 Å². The van der Waals surface area contributed by atoms with Crippen LogP contribution in [0.2, 0.25) is 0 Å². The molecule has 2 fully saturated rings. The SMILES string of the molecule is C#Cc1ccccc1NC(=O)c1ccc(C2CCC(N)C2)c(C2CCC(N)C2)c1. The van der Waals surface area contributed by atoms with E-state index in [2.05, 4.69) is 23.4 Å². The molecule has 4 unspecified atom stereocenters. The summed E-state index contributed by atoms with van der Waals surface area (Å²) in [7, 11) is 0. The second kappa shape index (κ2) is 8.41. The molecule has 0 heterocycles. The second-order valence-electron chi connectivity index (χ2n) is 8.53. The molecular weight excluding hydrogens is 358 g/mol. The zero-order valence-electron chi connectivity index (χ0n) is 16.7. The highest BCUT2D eigenvalue weighted by Crippen LogP contribution is 2.42. The fraction of sp³-hybridized carbons (Fsp3) is 0.400. The van der Waals surface area contributed by atoms with Crippen molar-refractivity contribution in [1.82, 2.24) is 0 Å². The van der Waals surface area contributed by atoms with Crippen molar-refractivity contribution in [2.45, 2.75) is 62.4 Å². The molecular formula is C25H29N3O. The van der Waals surface area contributed by atoms with Crippen molar-refractivity contribution < 1.29 is 4.79 Å². The van der Waals surface area contributed by atoms with Gasteiger partial charge >= 0.3 is 0 Å². The van der Waals surface area contributed by atoms with Gasteiger partial charge in [0.25, 0.3) is 5.91 Å². The molecule has 0 aliphatic heterocycles. The molecule has 2 aliphatic carbocycles. The van der Waals surface area contributed by atoms with Crippen LogP contribution in [0.4, 0.5) is 5.69 Å². The molecule has 4 heteroatoms. The topological polar surface area (TPSA) is 81.1 Å². The summed E-state index contributed by atoms with van der Waals surface area (Å²) in [5.41, 5.74) is 17.0. The Morgan fingerprint density at radius 3 is 2.21 bits per heavy atom. The number of rotatable bonds is 4. The van der Waals surface area contributed by atoms with Gasteiger partial charge in [-0.05, 0) is 85.8 Å². The first-order valence-electron chi connectivity index (χ1n) is 10.6. The van der Waals surface area contributed by atoms with E-state index in [1.165, 1.54) is 11.1 Å². The third kappa shape index (κ3) is 4.22. The average Bonchev–Trinajstić information content (AvgIpc) is 3.36. The summed E-state index contributed by atoms with van der Waals surface area (Å²) in [4.78, 5) is 13.0. The van der Waals surface area contributed by atoms with Crippen molar-refractivity contribution in [3.05, 3.63) is 64.7 Å². The molecule has 150 valence electrons. The molecule has 4 nitrogen and oxygen atoms in total. The number of nitrogens with two attached hydrogens (primary N) is 2. The van der Waals surface area contributed by atoms with Crippen molar-refractivity contribution in [2.24, 2.45) is 11.5 Å². The number of nitrogens with one attached hydrogen (secondary N) is 1. The zero-order valence-corrected chi connectivity index (χ0v) is 16.7. The van der Waals surface area contributed by atoms with Crippen LogP contribution < -0.4 is 16.8 Å². The number of hydrogen-bond acceptors (Lipinski definition) is 3. The maximum Gasteiger partial charge on any atom is 0.255 e. The number of carbonyl (C=O) groups excluding carboxylic acids is 1. The van der Waals surface area contributed by atoms with Crippen molar-refractivity contribution in [1.29, 1.82) is 0 Å². The molecule has 5 N–H and O–H groups in total. The highest BCUT2D eigenvalue weighted by Gasteiger charge is 2.31. The van der Waals surface area contributed by atoms with Crippen LogP contribution in [-0.2, 0) is 0 Å². The van der Waals surface area contributed by atoms with Gasteiger partial charge in [-0.2, -0.15) is 0 Å². The number of para-hydroxylation sites is 1. The Balaban J connectivity index is 1.64. The fourth-order valence-electron chi connectivity index (χ4n) is 4.95. The monoisotopic (exact) mass is 387 g/mol. The number of hydrogen-bond donors (Lipinski definition) is 3. The van der Waals surface area contributed by atoms with Crippen molar-refractivity contribution in [2.75, 3.05) is 5.32 Å². The Morgan fingerprint density at radius 1 is 0.931 bits per heavy atom. The van der Waals surface area contributed by atoms with Crippen LogP contribution in [0.3, 0.4) is 0 Å². The van der Waals surface area contributed by atoms with Crippen molar-refractivity contribution >= 4 is 11.6 Å². The van der Waals surface area contributed by atoms with Crippen LogP contribution in [0.5, 0.6) is 0 Å². The Bertz CT molecular complexity index is 945. The molecule has 2 aromatic carbocycles. The highest BCUT2D eigenvalue weighted by atomic mass is 16.1. The zero-order chi connectivity index (χ0) is 20.4. The summed E-state index contributed by atoms with van der Waals surface area (Å²) in [6.45, 7) is 0. The van der Waals surface area contributed by atoms with E-state index in [1.807, 2.05) is 30.3 Å². The molecule has 0 bridgehead atoms. The molecule has 2 aromatic rings. The minimum absolute atomic E-state index is 0.133. The summed E-state index contributed by atoms with van der Waals surface area (Å²) >= 11 is 0. The molecule has 0 spiro atoms. The lowest BCUT2D eigenvalue weighted by Crippen LogP contribution is -2.17. The van der Waals surface area contributed by atoms with Gasteiger partial charge in [-0.1, -0.05) is 24.1 Å². The number of terminal acetylenes is 1. The summed E-state index contributed by atoms with van der Waals surface area (Å²) in [6, 6.07) is 14.1. The number of amides is 1. The Kier molecular flexibility index (Phi) is 5.71. The van der Waals surface area contributed by atoms with Crippen LogP contribution in [0, 0.1) is 12.3 Å². The van der Waals surface area contributed by atoms with E-state index in [1.54, 1.807) is 0 Å². The lowest BCUT2D eigenvalue weighted by molar-refractivity contribution is 0.102. The quantitative estimate of drug-likeness (QED) is 0.691. The maximum atomic E-state index is 13.0. The minimum Gasteiger partial charge on any atom is -0.328 e. The van der Waals surface area contributed by atoms with E-state index in [9.17, 15) is 4.79 Å². The molecule has 0 radical (unpaired) electrons. The van der Waals surface area contributed by atoms with Gasteiger partial charge < -0.3 is 16.8 Å². The third-order valence-corrected chi connectivity index (χ3v) is 6.51. The molecule has 4 rings (SSSR count). The summed E-state index contributed by atoms with van der Waals surface area (Å²) in [5, 5.41) is 2.97. The van der Waals surface area contributed by atoms with Gasteiger partial charge in [0.15, 0.2) is 0 Å². The molecule has 0 aromatic heterocycles. The highest BCUT2D eigenvalue weighted by molar-refractivity contribution is 6.05. The normalized spacial score (nSPS) is 26.2. The summed E-state index contributed by atoms with van der Waals surface area (Å²) in [5.74, 6) is 3.39. The van der Waals surface area contributed by atoms with Gasteiger partial charge in [0.05, 0.1) is 5.69 Å². The van der Waals surface area contributed by atoms with E-state index in [-0.39, 0.29) is 18.0 Å². The first-order valence-corrected chi connectivity index (χ1v) is 10.6. The Morgan fingerprint density at radius 2 is 1.59 bits per heavy atom. The number of anilines is 1. The predicted octanol–water partition coefficient (Wildman–Crippen LogP) is 4.11. The number of benzene rings is 2. The molecule has 2 saturated carbocycles. The second-order valence-corrected chi connectivity index (χ2v) is 8.53. The van der Waals surface area contributed by atoms with E-state index >= 15 is 0 Å². The predicted molar refractivity (Wildman–Crippen MR) is 118 cm³/mol. The molecule has 2 aliphatic rings. The molecule has 0 saturated heterocycles. The summed E-state index contributed by atoms with van der Waals surface area (Å²) in [6.07, 6.45) is 11.9. The smallest absolute Gasteiger partial charge is 0.255 e. The molecule has 29 heavy (non-hydrogen) atoms. The summed E-state index contributed by atoms with van der Waals surface area (Å²) < 4.78 is 0. The first kappa shape index (κ1) is 19.7. The van der Waals surface area contributed by atoms with Crippen LogP contribution in [0.1, 0.15) is 77.4 Å². The Hall–Kier alpha value is -2.61. The van der Waals surface area contributed by atoms with E-state index in [4.69, 9.17) is 17.9 Å². The standard InChI is InChI=1S/C25H29N3O/c1-2-16-5-3-4-6-24(16)28-25(29)19-9-12-22(17-7-10-20(26)13-17)23(15-19)18-8-11-21(27)14-18/h1,3-6,9,12,15,17-18,20-21H,7-8,10-11,13-14,26-27H2,(H,28,29). The molecule has 4 atom stereocenters. The van der Waals surface area contributed by atoms with Crippen molar-refractivity contribution in [3.8, 4) is 12.3 Å². The lowest BCUT2D eigenvalue weighted by Gasteiger charge is -2.21. The van der Waals surface area contributed by atoms with E-state index in [0.717, 1.165) is 38.5 Å². The first-order chi connectivity index (χ1) is 14.0. The van der Waals surface area contributed by atoms with Gasteiger partial charge in [0, 0.05) is 23.2 Å². The minimum atomic E-state index is -0.133. The van der Waals surface area contributed by atoms with E-state index in [0.29, 0.717) is 28.7 Å². The lowest BCUT2D eigenvalue weighted by atomic mass is 9.84. The van der Waals surface area contributed by atoms with Gasteiger partial charge in [0.1, 0.15) is 0 Å². The maximum absolute atomic E-state index is 13.0. The largest absolute Gasteiger partial charge is 0.328 e. The van der Waals surface area contributed by atoms with Crippen LogP contribution in [0.15, 0.2) is 42.5 Å². The van der Waals surface area contributed by atoms with Gasteiger partial charge in [-0.25, -0.2) is 0 Å². The van der Waals surface area contributed by atoms with Gasteiger partial charge in [-0.15, -0.1) is 6.42 Å². The Labute approximate surface area is 173 Å². The van der Waals surface area contributed by atoms with E-state index < -0.39 is 0 Å². The molecule has 1 amide bonds. The van der Waals surface area contributed by atoms with Gasteiger partial charge in [0.2, 0.25) is 0 Å². The fourth-order valence-corrected chi connectivity index (χ4v) is 4.95. The average molecular weight is 388 g/mol. The number of carbonyl (C=O) groups is 1. The van der Waals surface area contributed by atoms with Gasteiger partial charge in [-0.3, -0.25) is 4.79 Å². The third-order valence-electron chi connectivity index (χ3n) is 6.51.